The van der Waals surface area contributed by atoms with Crippen molar-refractivity contribution in [1.82, 2.24) is 5.32 Å². The van der Waals surface area contributed by atoms with Crippen molar-refractivity contribution in [2.45, 2.75) is 75.7 Å². The van der Waals surface area contributed by atoms with Gasteiger partial charge in [-0.25, -0.2) is 0 Å². The molecule has 0 aromatic carbocycles. The number of esters is 3. The van der Waals surface area contributed by atoms with Crippen LogP contribution >= 0.6 is 11.8 Å². The molecule has 0 aromatic heterocycles. The van der Waals surface area contributed by atoms with E-state index in [2.05, 4.69) is 5.32 Å². The molecule has 7 unspecified atom stereocenters. The topological polar surface area (TPSA) is 181 Å². The molecular weight excluding hydrogens is 436 g/mol. The second-order valence-electron chi connectivity index (χ2n) is 6.93. The van der Waals surface area contributed by atoms with E-state index in [1.165, 1.54) is 13.8 Å². The van der Waals surface area contributed by atoms with Gasteiger partial charge in [-0.3, -0.25) is 24.0 Å². The first-order valence-corrected chi connectivity index (χ1v) is 10.3. The Morgan fingerprint density at radius 1 is 1.03 bits per heavy atom. The van der Waals surface area contributed by atoms with Crippen LogP contribution in [0.2, 0.25) is 0 Å². The summed E-state index contributed by atoms with van der Waals surface area (Å²) in [6, 6.07) is -2.27. The molecule has 4 N–H and O–H groups in total. The number of nitrogens with one attached hydrogen (secondary N) is 1. The van der Waals surface area contributed by atoms with Gasteiger partial charge in [-0.05, 0) is 0 Å². The first kappa shape index (κ1) is 26.7. The quantitative estimate of drug-likeness (QED) is 0.285. The number of rotatable bonds is 9. The number of carbonyl (C=O) groups is 5. The van der Waals surface area contributed by atoms with Crippen molar-refractivity contribution in [3.63, 3.8) is 0 Å². The lowest BCUT2D eigenvalue weighted by Crippen LogP contribution is -2.65. The standard InChI is InChI=1S/C18H28N2O10S/c1-7(13(19)17(25)26)31-18-14(20-8(2)21)16(29-11(5)24)15(28-10(4)23)12(30-18)6-27-9(3)22/h7,12-16,18H,6,19H2,1-5H3,(H,20,21)(H,25,26). The van der Waals surface area contributed by atoms with Crippen molar-refractivity contribution < 1.29 is 48.0 Å². The van der Waals surface area contributed by atoms with Crippen LogP contribution in [0.4, 0.5) is 0 Å². The second-order valence-corrected chi connectivity index (χ2v) is 8.41. The largest absolute Gasteiger partial charge is 0.480 e. The van der Waals surface area contributed by atoms with E-state index in [0.29, 0.717) is 0 Å². The zero-order chi connectivity index (χ0) is 23.9. The Morgan fingerprint density at radius 2 is 1.58 bits per heavy atom. The number of aliphatic carboxylic acids is 1. The maximum atomic E-state index is 11.8. The highest BCUT2D eigenvalue weighted by Gasteiger charge is 2.51. The van der Waals surface area contributed by atoms with Gasteiger partial charge < -0.3 is 35.1 Å². The number of amides is 1. The smallest absolute Gasteiger partial charge is 0.321 e. The van der Waals surface area contributed by atoms with Gasteiger partial charge in [-0.15, -0.1) is 11.8 Å². The molecule has 1 fully saturated rings. The first-order valence-electron chi connectivity index (χ1n) is 9.37. The maximum Gasteiger partial charge on any atom is 0.321 e. The molecule has 0 radical (unpaired) electrons. The van der Waals surface area contributed by atoms with E-state index in [0.717, 1.165) is 25.6 Å². The number of hydrogen-bond donors (Lipinski definition) is 3. The SMILES string of the molecule is CC(=O)NC1C(SC(C)C(N)C(=O)O)OC(COC(C)=O)C(OC(C)=O)C1OC(C)=O. The van der Waals surface area contributed by atoms with Crippen LogP contribution in [0.3, 0.4) is 0 Å². The summed E-state index contributed by atoms with van der Waals surface area (Å²) >= 11 is 0.982. The molecule has 1 heterocycles. The average Bonchev–Trinajstić information content (AvgIpc) is 2.62. The van der Waals surface area contributed by atoms with E-state index in [-0.39, 0.29) is 6.61 Å². The number of hydrogen-bond acceptors (Lipinski definition) is 11. The fraction of sp³-hybridized carbons (Fsp3) is 0.722. The van der Waals surface area contributed by atoms with Gasteiger partial charge in [0.25, 0.3) is 0 Å². The average molecular weight is 464 g/mol. The molecule has 0 bridgehead atoms. The highest BCUT2D eigenvalue weighted by Crippen LogP contribution is 2.35. The number of nitrogens with two attached hydrogens (primary N) is 1. The summed E-state index contributed by atoms with van der Waals surface area (Å²) in [7, 11) is 0. The lowest BCUT2D eigenvalue weighted by atomic mass is 9.97. The Hall–Kier alpha value is -2.38. The van der Waals surface area contributed by atoms with Gasteiger partial charge in [0.1, 0.15) is 30.2 Å². The Morgan fingerprint density at radius 3 is 2.03 bits per heavy atom. The van der Waals surface area contributed by atoms with Crippen molar-refractivity contribution in [3.05, 3.63) is 0 Å². The van der Waals surface area contributed by atoms with Crippen LogP contribution in [0.1, 0.15) is 34.6 Å². The minimum Gasteiger partial charge on any atom is -0.480 e. The van der Waals surface area contributed by atoms with E-state index >= 15 is 0 Å². The summed E-state index contributed by atoms with van der Waals surface area (Å²) < 4.78 is 21.6. The molecule has 1 aliphatic heterocycles. The second kappa shape index (κ2) is 11.9. The third-order valence-corrected chi connectivity index (χ3v) is 5.61. The summed E-state index contributed by atoms with van der Waals surface area (Å²) in [4.78, 5) is 57.8. The zero-order valence-corrected chi connectivity index (χ0v) is 18.7. The lowest BCUT2D eigenvalue weighted by molar-refractivity contribution is -0.211. The van der Waals surface area contributed by atoms with Crippen molar-refractivity contribution in [2.75, 3.05) is 6.61 Å². The number of carbonyl (C=O) groups excluding carboxylic acids is 4. The molecule has 0 aliphatic carbocycles. The van der Waals surface area contributed by atoms with Crippen LogP contribution in [0, 0.1) is 0 Å². The lowest BCUT2D eigenvalue weighted by Gasteiger charge is -2.45. The Labute approximate surface area is 183 Å². The van der Waals surface area contributed by atoms with E-state index in [1.807, 2.05) is 0 Å². The van der Waals surface area contributed by atoms with E-state index in [4.69, 9.17) is 29.8 Å². The predicted molar refractivity (Wildman–Crippen MR) is 107 cm³/mol. The molecule has 12 nitrogen and oxygen atoms in total. The molecule has 1 rings (SSSR count). The predicted octanol–water partition coefficient (Wildman–Crippen LogP) is -0.824. The van der Waals surface area contributed by atoms with Gasteiger partial charge in [0.2, 0.25) is 5.91 Å². The number of thioether (sulfide) groups is 1. The Bertz CT molecular complexity index is 703. The molecule has 1 amide bonds. The molecular formula is C18H28N2O10S. The molecule has 176 valence electrons. The Balaban J connectivity index is 3.35. The molecule has 1 aliphatic rings. The maximum absolute atomic E-state index is 11.8. The first-order chi connectivity index (χ1) is 14.3. The zero-order valence-electron chi connectivity index (χ0n) is 17.9. The van der Waals surface area contributed by atoms with E-state index in [1.54, 1.807) is 6.92 Å². The van der Waals surface area contributed by atoms with Crippen LogP contribution < -0.4 is 11.1 Å². The normalized spacial score (nSPS) is 27.4. The van der Waals surface area contributed by atoms with Crippen LogP contribution in [-0.2, 0) is 42.9 Å². The van der Waals surface area contributed by atoms with Crippen LogP contribution in [0.25, 0.3) is 0 Å². The van der Waals surface area contributed by atoms with Crippen LogP contribution in [-0.4, -0.2) is 82.6 Å². The van der Waals surface area contributed by atoms with Crippen LogP contribution in [0.5, 0.6) is 0 Å². The summed E-state index contributed by atoms with van der Waals surface area (Å²) in [5, 5.41) is 11.1. The molecule has 0 aromatic rings. The Kier molecular flexibility index (Phi) is 10.2. The van der Waals surface area contributed by atoms with Crippen molar-refractivity contribution in [3.8, 4) is 0 Å². The van der Waals surface area contributed by atoms with Gasteiger partial charge in [0.05, 0.1) is 0 Å². The summed E-state index contributed by atoms with van der Waals surface area (Å²) in [6.45, 7) is 5.89. The molecule has 0 spiro atoms. The van der Waals surface area contributed by atoms with Crippen LogP contribution in [0.15, 0.2) is 0 Å². The van der Waals surface area contributed by atoms with E-state index < -0.39 is 70.9 Å². The van der Waals surface area contributed by atoms with Crippen molar-refractivity contribution in [2.24, 2.45) is 5.73 Å². The van der Waals surface area contributed by atoms with Gasteiger partial charge in [0, 0.05) is 32.9 Å². The molecule has 0 saturated carbocycles. The molecule has 31 heavy (non-hydrogen) atoms. The van der Waals surface area contributed by atoms with Gasteiger partial charge in [-0.2, -0.15) is 0 Å². The number of carboxylic acid groups (broad SMARTS) is 1. The van der Waals surface area contributed by atoms with E-state index in [9.17, 15) is 24.0 Å². The monoisotopic (exact) mass is 464 g/mol. The van der Waals surface area contributed by atoms with Gasteiger partial charge >= 0.3 is 23.9 Å². The fourth-order valence-electron chi connectivity index (χ4n) is 2.90. The highest BCUT2D eigenvalue weighted by molar-refractivity contribution is 8.00. The number of carboxylic acids is 1. The van der Waals surface area contributed by atoms with Crippen molar-refractivity contribution >= 4 is 41.5 Å². The summed E-state index contributed by atoms with van der Waals surface area (Å²) in [5.41, 5.74) is 4.71. The number of ether oxygens (including phenoxy) is 4. The van der Waals surface area contributed by atoms with Gasteiger partial charge in [-0.1, -0.05) is 6.92 Å². The van der Waals surface area contributed by atoms with Crippen molar-refractivity contribution in [1.29, 1.82) is 0 Å². The third kappa shape index (κ3) is 8.34. The summed E-state index contributed by atoms with van der Waals surface area (Å²) in [5.74, 6) is -3.79. The van der Waals surface area contributed by atoms with Gasteiger partial charge in [0.15, 0.2) is 12.2 Å². The summed E-state index contributed by atoms with van der Waals surface area (Å²) in [6.07, 6.45) is -3.48. The molecule has 13 heteroatoms. The minimum atomic E-state index is -1.25. The molecule has 1 saturated heterocycles. The third-order valence-electron chi connectivity index (χ3n) is 4.21. The fourth-order valence-corrected chi connectivity index (χ4v) is 4.21. The minimum absolute atomic E-state index is 0.339. The molecule has 7 atom stereocenters. The highest BCUT2D eigenvalue weighted by atomic mass is 32.2.